The van der Waals surface area contributed by atoms with Gasteiger partial charge in [-0.1, -0.05) is 11.7 Å². The van der Waals surface area contributed by atoms with Crippen molar-refractivity contribution in [1.82, 2.24) is 10.2 Å². The lowest BCUT2D eigenvalue weighted by Gasteiger charge is -1.69. The number of nitriles is 1. The van der Waals surface area contributed by atoms with Crippen LogP contribution in [0.5, 0.6) is 0 Å². The minimum Gasteiger partial charge on any atom is -0.362 e. The van der Waals surface area contributed by atoms with Gasteiger partial charge in [-0.05, 0) is 0 Å². The van der Waals surface area contributed by atoms with E-state index in [9.17, 15) is 0 Å². The SMILES string of the molecule is [C-]#[N+]c1cc(C#N)n[nH]1. The molecule has 1 aromatic rings. The highest BCUT2D eigenvalue weighted by atomic mass is 15.2. The van der Waals surface area contributed by atoms with E-state index >= 15 is 0 Å². The molecule has 1 rings (SSSR count). The van der Waals surface area contributed by atoms with Gasteiger partial charge in [0.15, 0.2) is 5.69 Å². The molecule has 0 aliphatic rings. The molecule has 1 aromatic heterocycles. The molecule has 0 radical (unpaired) electrons. The number of hydrogen-bond acceptors (Lipinski definition) is 2. The van der Waals surface area contributed by atoms with Gasteiger partial charge in [-0.3, -0.25) is 0 Å². The Balaban J connectivity index is 3.08. The summed E-state index contributed by atoms with van der Waals surface area (Å²) in [5.74, 6) is 0.298. The van der Waals surface area contributed by atoms with Gasteiger partial charge in [0.2, 0.25) is 0 Å². The monoisotopic (exact) mass is 118 g/mol. The Morgan fingerprint density at radius 1 is 1.89 bits per heavy atom. The number of rotatable bonds is 0. The molecule has 0 saturated heterocycles. The fourth-order valence-corrected chi connectivity index (χ4v) is 0.426. The van der Waals surface area contributed by atoms with Crippen LogP contribution in [0.2, 0.25) is 0 Å². The maximum Gasteiger partial charge on any atom is 0.251 e. The van der Waals surface area contributed by atoms with Crippen molar-refractivity contribution >= 4 is 5.82 Å². The first-order valence-electron chi connectivity index (χ1n) is 2.20. The lowest BCUT2D eigenvalue weighted by molar-refractivity contribution is 1.08. The molecule has 9 heavy (non-hydrogen) atoms. The van der Waals surface area contributed by atoms with E-state index in [0.29, 0.717) is 5.82 Å². The average Bonchev–Trinajstić information content (AvgIpc) is 2.34. The van der Waals surface area contributed by atoms with Crippen LogP contribution < -0.4 is 0 Å². The second kappa shape index (κ2) is 1.97. The lowest BCUT2D eigenvalue weighted by atomic mass is 10.5. The number of nitrogens with one attached hydrogen (secondary N) is 1. The second-order valence-electron chi connectivity index (χ2n) is 1.36. The van der Waals surface area contributed by atoms with Crippen molar-refractivity contribution in [3.05, 3.63) is 23.2 Å². The van der Waals surface area contributed by atoms with Crippen molar-refractivity contribution in [1.29, 1.82) is 5.26 Å². The molecule has 0 bridgehead atoms. The van der Waals surface area contributed by atoms with E-state index < -0.39 is 0 Å². The minimum absolute atomic E-state index is 0.251. The first kappa shape index (κ1) is 5.33. The lowest BCUT2D eigenvalue weighted by Crippen LogP contribution is -1.68. The minimum atomic E-state index is 0.251. The number of nitrogens with zero attached hydrogens (tertiary/aromatic N) is 3. The van der Waals surface area contributed by atoms with Crippen LogP contribution in [-0.4, -0.2) is 10.2 Å². The largest absolute Gasteiger partial charge is 0.362 e. The summed E-state index contributed by atoms with van der Waals surface area (Å²) in [5, 5.41) is 14.1. The van der Waals surface area contributed by atoms with Crippen molar-refractivity contribution in [2.75, 3.05) is 0 Å². The van der Waals surface area contributed by atoms with Crippen LogP contribution in [-0.2, 0) is 0 Å². The van der Waals surface area contributed by atoms with Crippen LogP contribution in [0, 0.1) is 17.9 Å². The summed E-state index contributed by atoms with van der Waals surface area (Å²) < 4.78 is 0. The van der Waals surface area contributed by atoms with Gasteiger partial charge in [0.25, 0.3) is 5.82 Å². The van der Waals surface area contributed by atoms with Gasteiger partial charge in [-0.25, -0.2) is 5.10 Å². The Bertz CT molecular complexity index is 256. The third kappa shape index (κ3) is 0.868. The first-order valence-corrected chi connectivity index (χ1v) is 2.20. The van der Waals surface area contributed by atoms with Crippen LogP contribution in [0.4, 0.5) is 5.82 Å². The summed E-state index contributed by atoms with van der Waals surface area (Å²) in [5.41, 5.74) is 0.251. The molecule has 1 N–H and O–H groups in total. The van der Waals surface area contributed by atoms with Crippen LogP contribution in [0.25, 0.3) is 4.85 Å². The number of hydrogen-bond donors (Lipinski definition) is 1. The summed E-state index contributed by atoms with van der Waals surface area (Å²) >= 11 is 0. The number of H-pyrrole nitrogens is 1. The van der Waals surface area contributed by atoms with Gasteiger partial charge in [-0.2, -0.15) is 5.26 Å². The molecule has 0 spiro atoms. The van der Waals surface area contributed by atoms with Crippen molar-refractivity contribution in [3.63, 3.8) is 0 Å². The fourth-order valence-electron chi connectivity index (χ4n) is 0.426. The summed E-state index contributed by atoms with van der Waals surface area (Å²) in [6.45, 7) is 6.48. The Labute approximate surface area is 51.6 Å². The van der Waals surface area contributed by atoms with E-state index in [2.05, 4.69) is 15.0 Å². The maximum atomic E-state index is 8.21. The van der Waals surface area contributed by atoms with E-state index in [1.54, 1.807) is 6.07 Å². The topological polar surface area (TPSA) is 56.8 Å². The van der Waals surface area contributed by atoms with E-state index in [-0.39, 0.29) is 5.69 Å². The molecule has 0 aliphatic carbocycles. The smallest absolute Gasteiger partial charge is 0.251 e. The zero-order chi connectivity index (χ0) is 6.69. The average molecular weight is 118 g/mol. The fraction of sp³-hybridized carbons (Fsp3) is 0. The maximum absolute atomic E-state index is 8.21. The van der Waals surface area contributed by atoms with Crippen molar-refractivity contribution in [3.8, 4) is 6.07 Å². The standard InChI is InChI=1S/C5H2N4/c1-7-5-2-4(3-6)8-9-5/h2H,(H,8,9). The van der Waals surface area contributed by atoms with Crippen LogP contribution in [0.15, 0.2) is 6.07 Å². The van der Waals surface area contributed by atoms with E-state index in [1.165, 1.54) is 6.07 Å². The van der Waals surface area contributed by atoms with Crippen LogP contribution >= 0.6 is 0 Å². The Morgan fingerprint density at radius 3 is 3.00 bits per heavy atom. The molecular formula is C5H2N4. The highest BCUT2D eigenvalue weighted by Gasteiger charge is 1.95. The quantitative estimate of drug-likeness (QED) is 0.513. The van der Waals surface area contributed by atoms with Gasteiger partial charge in [-0.15, -0.1) is 0 Å². The Kier molecular flexibility index (Phi) is 1.17. The molecule has 0 saturated carbocycles. The van der Waals surface area contributed by atoms with E-state index in [4.69, 9.17) is 11.8 Å². The van der Waals surface area contributed by atoms with Crippen LogP contribution in [0.1, 0.15) is 5.69 Å². The molecule has 0 amide bonds. The van der Waals surface area contributed by atoms with Crippen molar-refractivity contribution in [2.24, 2.45) is 0 Å². The van der Waals surface area contributed by atoms with Crippen molar-refractivity contribution < 1.29 is 0 Å². The molecule has 4 nitrogen and oxygen atoms in total. The Hall–Kier alpha value is -1.81. The summed E-state index contributed by atoms with van der Waals surface area (Å²) in [4.78, 5) is 3.02. The predicted molar refractivity (Wildman–Crippen MR) is 29.6 cm³/mol. The van der Waals surface area contributed by atoms with Gasteiger partial charge < -0.3 is 4.85 Å². The van der Waals surface area contributed by atoms with Crippen LogP contribution in [0.3, 0.4) is 0 Å². The normalized spacial score (nSPS) is 7.78. The summed E-state index contributed by atoms with van der Waals surface area (Å²) in [6, 6.07) is 3.19. The van der Waals surface area contributed by atoms with Gasteiger partial charge in [0, 0.05) is 6.07 Å². The summed E-state index contributed by atoms with van der Waals surface area (Å²) in [6.07, 6.45) is 0. The third-order valence-electron chi connectivity index (χ3n) is 0.799. The molecule has 0 aliphatic heterocycles. The highest BCUT2D eigenvalue weighted by Crippen LogP contribution is 2.06. The zero-order valence-electron chi connectivity index (χ0n) is 4.42. The molecule has 0 aromatic carbocycles. The predicted octanol–water partition coefficient (Wildman–Crippen LogP) is 0.832. The zero-order valence-corrected chi connectivity index (χ0v) is 4.42. The van der Waals surface area contributed by atoms with Gasteiger partial charge in [0.05, 0.1) is 0 Å². The second-order valence-corrected chi connectivity index (χ2v) is 1.36. The van der Waals surface area contributed by atoms with Crippen molar-refractivity contribution in [2.45, 2.75) is 0 Å². The molecule has 0 fully saturated rings. The highest BCUT2D eigenvalue weighted by molar-refractivity contribution is 5.39. The van der Waals surface area contributed by atoms with E-state index in [1.807, 2.05) is 0 Å². The molecule has 0 unspecified atom stereocenters. The molecular weight excluding hydrogens is 116 g/mol. The Morgan fingerprint density at radius 2 is 2.67 bits per heavy atom. The summed E-state index contributed by atoms with van der Waals surface area (Å²) in [7, 11) is 0. The number of aromatic amines is 1. The third-order valence-corrected chi connectivity index (χ3v) is 0.799. The number of aromatic nitrogens is 2. The molecule has 1 heterocycles. The molecule has 0 atom stereocenters. The molecule has 42 valence electrons. The van der Waals surface area contributed by atoms with Gasteiger partial charge >= 0.3 is 0 Å². The molecule has 4 heteroatoms. The van der Waals surface area contributed by atoms with Gasteiger partial charge in [0.1, 0.15) is 6.07 Å². The first-order chi connectivity index (χ1) is 4.36. The van der Waals surface area contributed by atoms with E-state index in [0.717, 1.165) is 0 Å².